The molecule has 2 aromatic heterocycles. The maximum Gasteiger partial charge on any atom is 0.416 e. The Morgan fingerprint density at radius 1 is 1.09 bits per heavy atom. The Morgan fingerprint density at radius 3 is 2.61 bits per heavy atom. The second kappa shape index (κ2) is 8.71. The average molecular weight is 454 g/mol. The highest BCUT2D eigenvalue weighted by Gasteiger charge is 2.41. The molecule has 2 fully saturated rings. The lowest BCUT2D eigenvalue weighted by molar-refractivity contribution is -0.137. The highest BCUT2D eigenvalue weighted by Crippen LogP contribution is 2.37. The number of H-pyrrole nitrogens is 1. The molecule has 2 aliphatic heterocycles. The van der Waals surface area contributed by atoms with Crippen molar-refractivity contribution >= 4 is 16.7 Å². The van der Waals surface area contributed by atoms with Crippen LogP contribution in [0.3, 0.4) is 0 Å². The van der Waals surface area contributed by atoms with E-state index in [0.717, 1.165) is 68.7 Å². The summed E-state index contributed by atoms with van der Waals surface area (Å²) in [6, 6.07) is 10.6. The summed E-state index contributed by atoms with van der Waals surface area (Å²) in [6.07, 6.45) is 4.02. The van der Waals surface area contributed by atoms with Gasteiger partial charge in [0.2, 0.25) is 0 Å². The fourth-order valence-electron chi connectivity index (χ4n) is 5.39. The third kappa shape index (κ3) is 4.42. The number of anilines is 1. The number of alkyl halides is 3. The Hall–Kier alpha value is -3.05. The Balaban J connectivity index is 1.16. The number of nitrogens with one attached hydrogen (secondary N) is 1. The van der Waals surface area contributed by atoms with Crippen LogP contribution in [-0.2, 0) is 12.6 Å². The van der Waals surface area contributed by atoms with E-state index in [2.05, 4.69) is 25.8 Å². The van der Waals surface area contributed by atoms with Gasteiger partial charge in [0.15, 0.2) is 0 Å². The molecule has 172 valence electrons. The van der Waals surface area contributed by atoms with E-state index in [1.165, 1.54) is 17.8 Å². The molecule has 2 bridgehead atoms. The van der Waals surface area contributed by atoms with Crippen molar-refractivity contribution in [3.05, 3.63) is 59.4 Å². The van der Waals surface area contributed by atoms with Gasteiger partial charge in [0.1, 0.15) is 5.82 Å². The molecule has 3 aromatic rings. The first-order chi connectivity index (χ1) is 15.9. The quantitative estimate of drug-likeness (QED) is 0.526. The topological polar surface area (TPSA) is 59.0 Å². The van der Waals surface area contributed by atoms with Crippen molar-refractivity contribution in [1.82, 2.24) is 14.9 Å². The number of piperazine rings is 1. The maximum absolute atomic E-state index is 13.1. The summed E-state index contributed by atoms with van der Waals surface area (Å²) in [5.74, 6) is 0.452. The molecule has 2 unspecified atom stereocenters. The molecule has 4 heterocycles. The van der Waals surface area contributed by atoms with Gasteiger partial charge in [-0.1, -0.05) is 0 Å². The smallest absolute Gasteiger partial charge is 0.361 e. The Kier molecular flexibility index (Phi) is 5.75. The molecule has 1 N–H and O–H groups in total. The monoisotopic (exact) mass is 453 g/mol. The van der Waals surface area contributed by atoms with Gasteiger partial charge < -0.3 is 9.88 Å². The summed E-state index contributed by atoms with van der Waals surface area (Å²) in [5.41, 5.74) is 2.34. The molecule has 2 atom stereocenters. The number of unbranched alkanes of at least 4 members (excludes halogenated alkanes) is 1. The van der Waals surface area contributed by atoms with Gasteiger partial charge in [-0.2, -0.15) is 18.4 Å². The van der Waals surface area contributed by atoms with Gasteiger partial charge in [0.05, 0.1) is 17.2 Å². The molecule has 0 radical (unpaired) electrons. The first-order valence-electron chi connectivity index (χ1n) is 11.5. The number of halogens is 3. The zero-order chi connectivity index (χ0) is 23.0. The summed E-state index contributed by atoms with van der Waals surface area (Å²) in [7, 11) is 0. The van der Waals surface area contributed by atoms with Crippen molar-refractivity contribution in [2.24, 2.45) is 0 Å². The van der Waals surface area contributed by atoms with E-state index in [0.29, 0.717) is 11.4 Å². The molecule has 0 amide bonds. The molecule has 0 aliphatic carbocycles. The molecule has 2 saturated heterocycles. The summed E-state index contributed by atoms with van der Waals surface area (Å²) in [4.78, 5) is 12.1. The molecule has 5 nitrogen and oxygen atoms in total. The standard InChI is InChI=1S/C25H26F3N5/c26-25(27,28)19-8-9-30-24(12-19)33-20-5-6-21(33)16-32(15-20)10-2-1-3-18-14-31-23-7-4-17(13-29)11-22(18)23/h4,7-9,11-12,14,20-21,31H,1-3,5-6,10,15-16H2. The van der Waals surface area contributed by atoms with Crippen LogP contribution in [0.25, 0.3) is 10.9 Å². The first-order valence-corrected chi connectivity index (χ1v) is 11.5. The minimum atomic E-state index is -4.35. The van der Waals surface area contributed by atoms with Gasteiger partial charge in [0, 0.05) is 48.5 Å². The van der Waals surface area contributed by atoms with Crippen LogP contribution in [0.15, 0.2) is 42.7 Å². The lowest BCUT2D eigenvalue weighted by Gasteiger charge is -2.42. The van der Waals surface area contributed by atoms with E-state index >= 15 is 0 Å². The predicted molar refractivity (Wildman–Crippen MR) is 121 cm³/mol. The Morgan fingerprint density at radius 2 is 1.88 bits per heavy atom. The number of pyridine rings is 1. The Labute approximate surface area is 190 Å². The minimum Gasteiger partial charge on any atom is -0.361 e. The normalized spacial score (nSPS) is 21.0. The molecule has 8 heteroatoms. The highest BCUT2D eigenvalue weighted by molar-refractivity contribution is 5.84. The van der Waals surface area contributed by atoms with Gasteiger partial charge in [-0.3, -0.25) is 4.90 Å². The van der Waals surface area contributed by atoms with Crippen molar-refractivity contribution in [2.45, 2.75) is 50.4 Å². The van der Waals surface area contributed by atoms with E-state index in [-0.39, 0.29) is 12.1 Å². The number of aromatic amines is 1. The van der Waals surface area contributed by atoms with Gasteiger partial charge in [-0.25, -0.2) is 4.98 Å². The summed E-state index contributed by atoms with van der Waals surface area (Å²) in [6.45, 7) is 2.72. The predicted octanol–water partition coefficient (Wildman–Crippen LogP) is 5.13. The molecule has 0 spiro atoms. The van der Waals surface area contributed by atoms with Gasteiger partial charge in [-0.05, 0) is 74.5 Å². The number of rotatable bonds is 6. The number of nitriles is 1. The first kappa shape index (κ1) is 21.8. The average Bonchev–Trinajstić information content (AvgIpc) is 3.33. The van der Waals surface area contributed by atoms with Crippen LogP contribution < -0.4 is 4.90 Å². The van der Waals surface area contributed by atoms with Crippen LogP contribution >= 0.6 is 0 Å². The van der Waals surface area contributed by atoms with Crippen LogP contribution in [0.4, 0.5) is 19.0 Å². The number of aryl methyl sites for hydroxylation is 1. The van der Waals surface area contributed by atoms with Crippen LogP contribution in [0, 0.1) is 11.3 Å². The summed E-state index contributed by atoms with van der Waals surface area (Å²) < 4.78 is 39.4. The minimum absolute atomic E-state index is 0.220. The van der Waals surface area contributed by atoms with E-state index in [1.807, 2.05) is 24.4 Å². The van der Waals surface area contributed by atoms with Crippen LogP contribution in [0.1, 0.15) is 42.4 Å². The van der Waals surface area contributed by atoms with Gasteiger partial charge >= 0.3 is 6.18 Å². The summed E-state index contributed by atoms with van der Waals surface area (Å²) >= 11 is 0. The fourth-order valence-corrected chi connectivity index (χ4v) is 5.39. The van der Waals surface area contributed by atoms with E-state index in [9.17, 15) is 13.2 Å². The van der Waals surface area contributed by atoms with Crippen molar-refractivity contribution in [1.29, 1.82) is 5.26 Å². The molecule has 1 aromatic carbocycles. The molecule has 2 aliphatic rings. The lowest BCUT2D eigenvalue weighted by Crippen LogP contribution is -2.54. The fraction of sp³-hybridized carbons (Fsp3) is 0.440. The Bertz CT molecular complexity index is 1160. The molecule has 5 rings (SSSR count). The number of aromatic nitrogens is 2. The molecular formula is C25H26F3N5. The van der Waals surface area contributed by atoms with E-state index in [1.54, 1.807) is 0 Å². The number of fused-ring (bicyclic) bond motifs is 3. The second-order valence-electron chi connectivity index (χ2n) is 9.10. The largest absolute Gasteiger partial charge is 0.416 e. The van der Waals surface area contributed by atoms with Gasteiger partial charge in [-0.15, -0.1) is 0 Å². The lowest BCUT2D eigenvalue weighted by atomic mass is 10.0. The number of hydrogen-bond acceptors (Lipinski definition) is 4. The van der Waals surface area contributed by atoms with E-state index in [4.69, 9.17) is 5.26 Å². The number of nitrogens with zero attached hydrogens (tertiary/aromatic N) is 4. The molecular weight excluding hydrogens is 427 g/mol. The number of benzene rings is 1. The highest BCUT2D eigenvalue weighted by atomic mass is 19.4. The van der Waals surface area contributed by atoms with Crippen LogP contribution in [-0.4, -0.2) is 46.6 Å². The molecule has 33 heavy (non-hydrogen) atoms. The zero-order valence-electron chi connectivity index (χ0n) is 18.3. The van der Waals surface area contributed by atoms with Crippen molar-refractivity contribution in [3.63, 3.8) is 0 Å². The van der Waals surface area contributed by atoms with E-state index < -0.39 is 11.7 Å². The second-order valence-corrected chi connectivity index (χ2v) is 9.10. The van der Waals surface area contributed by atoms with Crippen molar-refractivity contribution in [2.75, 3.05) is 24.5 Å². The summed E-state index contributed by atoms with van der Waals surface area (Å²) in [5, 5.41) is 10.3. The number of likely N-dealkylation sites (tertiary alicyclic amines) is 1. The SMILES string of the molecule is N#Cc1ccc2[nH]cc(CCCCN3CC4CCC(C3)N4c3cc(C(F)(F)F)ccn3)c2c1. The number of hydrogen-bond donors (Lipinski definition) is 1. The van der Waals surface area contributed by atoms with Crippen molar-refractivity contribution < 1.29 is 13.2 Å². The van der Waals surface area contributed by atoms with Crippen LogP contribution in [0.2, 0.25) is 0 Å². The third-order valence-corrected chi connectivity index (χ3v) is 6.96. The third-order valence-electron chi connectivity index (χ3n) is 6.96. The maximum atomic E-state index is 13.1. The van der Waals surface area contributed by atoms with Gasteiger partial charge in [0.25, 0.3) is 0 Å². The van der Waals surface area contributed by atoms with Crippen molar-refractivity contribution in [3.8, 4) is 6.07 Å². The zero-order valence-corrected chi connectivity index (χ0v) is 18.3. The van der Waals surface area contributed by atoms with Crippen LogP contribution in [0.5, 0.6) is 0 Å². The molecule has 0 saturated carbocycles.